The third kappa shape index (κ3) is 4.88. The SMILES string of the molecule is Cl.NC(=O)Cc1ccccc1OC(F)(F)F. The highest BCUT2D eigenvalue weighted by Crippen LogP contribution is 2.26. The van der Waals surface area contributed by atoms with E-state index in [1.807, 2.05) is 0 Å². The summed E-state index contributed by atoms with van der Waals surface area (Å²) >= 11 is 0. The molecule has 0 heterocycles. The van der Waals surface area contributed by atoms with E-state index >= 15 is 0 Å². The Hall–Kier alpha value is -1.43. The van der Waals surface area contributed by atoms with Crippen molar-refractivity contribution >= 4 is 18.3 Å². The lowest BCUT2D eigenvalue weighted by atomic mass is 10.1. The maximum Gasteiger partial charge on any atom is 0.573 e. The van der Waals surface area contributed by atoms with Gasteiger partial charge in [-0.2, -0.15) is 0 Å². The van der Waals surface area contributed by atoms with Crippen LogP contribution in [0.1, 0.15) is 5.56 Å². The number of hydrogen-bond acceptors (Lipinski definition) is 2. The van der Waals surface area contributed by atoms with Crippen LogP contribution in [0.5, 0.6) is 5.75 Å². The molecule has 1 amide bonds. The number of carbonyl (C=O) groups excluding carboxylic acids is 1. The Labute approximate surface area is 95.8 Å². The number of carbonyl (C=O) groups is 1. The Kier molecular flexibility index (Phi) is 5.10. The zero-order valence-electron chi connectivity index (χ0n) is 7.95. The van der Waals surface area contributed by atoms with Crippen molar-refractivity contribution < 1.29 is 22.7 Å². The first-order chi connectivity index (χ1) is 6.88. The van der Waals surface area contributed by atoms with Gasteiger partial charge in [-0.25, -0.2) is 0 Å². The average Bonchev–Trinajstić information content (AvgIpc) is 2.05. The van der Waals surface area contributed by atoms with Crippen LogP contribution in [-0.2, 0) is 11.2 Å². The number of primary amides is 1. The van der Waals surface area contributed by atoms with Crippen LogP contribution in [0.2, 0.25) is 0 Å². The zero-order valence-corrected chi connectivity index (χ0v) is 8.77. The van der Waals surface area contributed by atoms with Gasteiger partial charge in [-0.05, 0) is 6.07 Å². The smallest absolute Gasteiger partial charge is 0.405 e. The van der Waals surface area contributed by atoms with E-state index in [1.165, 1.54) is 18.2 Å². The molecule has 0 aliphatic rings. The molecule has 16 heavy (non-hydrogen) atoms. The molecule has 3 nitrogen and oxygen atoms in total. The van der Waals surface area contributed by atoms with E-state index in [-0.39, 0.29) is 24.4 Å². The van der Waals surface area contributed by atoms with Crippen molar-refractivity contribution in [3.8, 4) is 5.75 Å². The summed E-state index contributed by atoms with van der Waals surface area (Å²) < 4.78 is 39.5. The van der Waals surface area contributed by atoms with E-state index in [9.17, 15) is 18.0 Å². The number of para-hydroxylation sites is 1. The summed E-state index contributed by atoms with van der Waals surface area (Å²) in [6, 6.07) is 5.37. The second-order valence-corrected chi connectivity index (χ2v) is 2.80. The van der Waals surface area contributed by atoms with Gasteiger partial charge in [0.2, 0.25) is 5.91 Å². The van der Waals surface area contributed by atoms with Gasteiger partial charge in [0, 0.05) is 5.56 Å². The minimum atomic E-state index is -4.77. The first kappa shape index (κ1) is 14.6. The fourth-order valence-electron chi connectivity index (χ4n) is 1.06. The third-order valence-electron chi connectivity index (χ3n) is 1.56. The minimum Gasteiger partial charge on any atom is -0.405 e. The zero-order chi connectivity index (χ0) is 11.5. The van der Waals surface area contributed by atoms with Crippen molar-refractivity contribution in [1.82, 2.24) is 0 Å². The first-order valence-corrected chi connectivity index (χ1v) is 4.00. The molecule has 7 heteroatoms. The summed E-state index contributed by atoms with van der Waals surface area (Å²) in [6.07, 6.45) is -5.06. The van der Waals surface area contributed by atoms with Crippen molar-refractivity contribution in [2.24, 2.45) is 5.73 Å². The van der Waals surface area contributed by atoms with Crippen LogP contribution < -0.4 is 10.5 Å². The molecule has 0 radical (unpaired) electrons. The van der Waals surface area contributed by atoms with Crippen molar-refractivity contribution in [3.63, 3.8) is 0 Å². The number of alkyl halides is 3. The van der Waals surface area contributed by atoms with E-state index in [1.54, 1.807) is 0 Å². The molecule has 0 aromatic heterocycles. The summed E-state index contributed by atoms with van der Waals surface area (Å²) in [5.41, 5.74) is 4.99. The second-order valence-electron chi connectivity index (χ2n) is 2.80. The fraction of sp³-hybridized carbons (Fsp3) is 0.222. The third-order valence-corrected chi connectivity index (χ3v) is 1.56. The maximum atomic E-state index is 11.9. The number of hydrogen-bond donors (Lipinski definition) is 1. The Balaban J connectivity index is 0.00000225. The van der Waals surface area contributed by atoms with Crippen LogP contribution in [0.25, 0.3) is 0 Å². The predicted molar refractivity (Wildman–Crippen MR) is 53.3 cm³/mol. The summed E-state index contributed by atoms with van der Waals surface area (Å²) in [4.78, 5) is 10.6. The van der Waals surface area contributed by atoms with Crippen LogP contribution in [0.3, 0.4) is 0 Å². The van der Waals surface area contributed by atoms with Gasteiger partial charge in [0.15, 0.2) is 0 Å². The largest absolute Gasteiger partial charge is 0.573 e. The van der Waals surface area contributed by atoms with Gasteiger partial charge >= 0.3 is 6.36 Å². The van der Waals surface area contributed by atoms with E-state index < -0.39 is 18.0 Å². The summed E-state index contributed by atoms with van der Waals surface area (Å²) in [5.74, 6) is -1.11. The van der Waals surface area contributed by atoms with Crippen LogP contribution in [0.4, 0.5) is 13.2 Å². The summed E-state index contributed by atoms with van der Waals surface area (Å²) in [7, 11) is 0. The van der Waals surface area contributed by atoms with Crippen LogP contribution >= 0.6 is 12.4 Å². The Morgan fingerprint density at radius 1 is 1.31 bits per heavy atom. The average molecular weight is 256 g/mol. The van der Waals surface area contributed by atoms with Gasteiger partial charge in [0.25, 0.3) is 0 Å². The molecule has 0 saturated carbocycles. The van der Waals surface area contributed by atoms with Gasteiger partial charge < -0.3 is 10.5 Å². The monoisotopic (exact) mass is 255 g/mol. The molecule has 90 valence electrons. The van der Waals surface area contributed by atoms with Gasteiger partial charge in [-0.3, -0.25) is 4.79 Å². The highest BCUT2D eigenvalue weighted by atomic mass is 35.5. The van der Waals surface area contributed by atoms with Crippen molar-refractivity contribution in [3.05, 3.63) is 29.8 Å². The molecule has 1 rings (SSSR count). The highest BCUT2D eigenvalue weighted by molar-refractivity contribution is 5.85. The molecule has 0 unspecified atom stereocenters. The fourth-order valence-corrected chi connectivity index (χ4v) is 1.06. The summed E-state index contributed by atoms with van der Waals surface area (Å²) in [6.45, 7) is 0. The topological polar surface area (TPSA) is 52.3 Å². The molecule has 0 aliphatic heterocycles. The Morgan fingerprint density at radius 2 is 1.88 bits per heavy atom. The van der Waals surface area contributed by atoms with Gasteiger partial charge in [0.05, 0.1) is 6.42 Å². The molecule has 0 bridgehead atoms. The lowest BCUT2D eigenvalue weighted by Gasteiger charge is -2.11. The maximum absolute atomic E-state index is 11.9. The molecular weight excluding hydrogens is 247 g/mol. The number of benzene rings is 1. The first-order valence-electron chi connectivity index (χ1n) is 4.00. The second kappa shape index (κ2) is 5.60. The van der Waals surface area contributed by atoms with E-state index in [0.717, 1.165) is 6.07 Å². The molecular formula is C9H9ClF3NO2. The number of ether oxygens (including phenoxy) is 1. The van der Waals surface area contributed by atoms with Gasteiger partial charge in [0.1, 0.15) is 5.75 Å². The minimum absolute atomic E-state index is 0. The molecule has 1 aromatic rings. The van der Waals surface area contributed by atoms with Crippen LogP contribution in [-0.4, -0.2) is 12.3 Å². The van der Waals surface area contributed by atoms with Gasteiger partial charge in [-0.1, -0.05) is 18.2 Å². The summed E-state index contributed by atoms with van der Waals surface area (Å²) in [5, 5.41) is 0. The Bertz CT molecular complexity index is 368. The van der Waals surface area contributed by atoms with E-state index in [4.69, 9.17) is 5.73 Å². The molecule has 0 saturated heterocycles. The lowest BCUT2D eigenvalue weighted by Crippen LogP contribution is -2.20. The number of nitrogens with two attached hydrogens (primary N) is 1. The number of halogens is 4. The van der Waals surface area contributed by atoms with Crippen molar-refractivity contribution in [2.45, 2.75) is 12.8 Å². The normalized spacial score (nSPS) is 10.4. The predicted octanol–water partition coefficient (Wildman–Crippen LogP) is 2.03. The molecule has 2 N–H and O–H groups in total. The van der Waals surface area contributed by atoms with Crippen LogP contribution in [0, 0.1) is 0 Å². The quantitative estimate of drug-likeness (QED) is 0.899. The van der Waals surface area contributed by atoms with Crippen LogP contribution in [0.15, 0.2) is 24.3 Å². The van der Waals surface area contributed by atoms with Crippen molar-refractivity contribution in [2.75, 3.05) is 0 Å². The number of amides is 1. The van der Waals surface area contributed by atoms with E-state index in [2.05, 4.69) is 4.74 Å². The standard InChI is InChI=1S/C9H8F3NO2.ClH/c10-9(11,12)15-7-4-2-1-3-6(7)5-8(13)14;/h1-4H,5H2,(H2,13,14);1H. The molecule has 0 aliphatic carbocycles. The lowest BCUT2D eigenvalue weighted by molar-refractivity contribution is -0.274. The van der Waals surface area contributed by atoms with E-state index in [0.29, 0.717) is 0 Å². The molecule has 0 atom stereocenters. The molecule has 0 fully saturated rings. The Morgan fingerprint density at radius 3 is 2.38 bits per heavy atom. The number of rotatable bonds is 3. The molecule has 1 aromatic carbocycles. The molecule has 0 spiro atoms. The highest BCUT2D eigenvalue weighted by Gasteiger charge is 2.32. The van der Waals surface area contributed by atoms with Crippen molar-refractivity contribution in [1.29, 1.82) is 0 Å². The van der Waals surface area contributed by atoms with Gasteiger partial charge in [-0.15, -0.1) is 25.6 Å².